The SMILES string of the molecule is Nc1ncnc2c1ncn2[C@@H]1O[C@H](/C=C/P(=O)(O)OP(=O)(O)OP(=O)(O)O)[C@@H](O)[C@H]1F. The molecule has 0 spiro atoms. The molecule has 0 amide bonds. The molecule has 1 aliphatic rings. The number of anilines is 1. The lowest BCUT2D eigenvalue weighted by atomic mass is 10.1. The summed E-state index contributed by atoms with van der Waals surface area (Å²) in [6.07, 6.45) is -4.05. The summed E-state index contributed by atoms with van der Waals surface area (Å²) in [5, 5.41) is 10.0. The Hall–Kier alpha value is -1.61. The molecule has 0 radical (unpaired) electrons. The molecule has 20 heteroatoms. The predicted molar refractivity (Wildman–Crippen MR) is 97.6 cm³/mol. The van der Waals surface area contributed by atoms with Gasteiger partial charge in [-0.2, -0.15) is 4.31 Å². The van der Waals surface area contributed by atoms with Crippen LogP contribution >= 0.6 is 23.2 Å². The molecule has 0 aliphatic carbocycles. The number of aromatic nitrogens is 4. The van der Waals surface area contributed by atoms with Gasteiger partial charge in [0.15, 0.2) is 23.9 Å². The van der Waals surface area contributed by atoms with Crippen LogP contribution in [-0.2, 0) is 27.1 Å². The monoisotopic (exact) mass is 505 g/mol. The van der Waals surface area contributed by atoms with Gasteiger partial charge < -0.3 is 35.2 Å². The average molecular weight is 505 g/mol. The number of hydrogen-bond acceptors (Lipinski definition) is 11. The molecule has 2 unspecified atom stereocenters. The number of nitrogen functional groups attached to an aromatic ring is 1. The Labute approximate surface area is 171 Å². The van der Waals surface area contributed by atoms with Crippen LogP contribution in [0.2, 0.25) is 0 Å². The van der Waals surface area contributed by atoms with Crippen LogP contribution in [0.25, 0.3) is 11.2 Å². The number of hydrogen-bond donors (Lipinski definition) is 6. The van der Waals surface area contributed by atoms with Crippen LogP contribution in [0.4, 0.5) is 10.2 Å². The summed E-state index contributed by atoms with van der Waals surface area (Å²) >= 11 is 0. The van der Waals surface area contributed by atoms with Crippen LogP contribution in [0.5, 0.6) is 0 Å². The van der Waals surface area contributed by atoms with Crippen LogP contribution in [0, 0.1) is 0 Å². The van der Waals surface area contributed by atoms with Crippen molar-refractivity contribution in [3.8, 4) is 0 Å². The maximum absolute atomic E-state index is 14.6. The molecule has 2 aromatic heterocycles. The van der Waals surface area contributed by atoms with E-state index in [1.165, 1.54) is 0 Å². The first-order chi connectivity index (χ1) is 14.2. The van der Waals surface area contributed by atoms with Crippen molar-refractivity contribution >= 4 is 40.2 Å². The zero-order valence-corrected chi connectivity index (χ0v) is 17.6. The normalized spacial score (nSPS) is 28.7. The number of phosphoric acid groups is 2. The maximum atomic E-state index is 14.6. The second-order valence-electron chi connectivity index (χ2n) is 6.04. The van der Waals surface area contributed by atoms with E-state index >= 15 is 0 Å². The average Bonchev–Trinajstić information content (AvgIpc) is 3.13. The number of nitrogens with zero attached hydrogens (tertiary/aromatic N) is 4. The molecule has 172 valence electrons. The van der Waals surface area contributed by atoms with Crippen LogP contribution in [-0.4, -0.2) is 62.6 Å². The largest absolute Gasteiger partial charge is 0.488 e. The summed E-state index contributed by atoms with van der Waals surface area (Å²) in [7, 11) is -16.3. The number of imidazole rings is 1. The van der Waals surface area contributed by atoms with Crippen molar-refractivity contribution in [1.82, 2.24) is 19.5 Å². The molecule has 6 atom stereocenters. The molecular formula is C11H15FN5O11P3. The first kappa shape index (κ1) is 24.0. The molecule has 1 fully saturated rings. The highest BCUT2D eigenvalue weighted by atomic mass is 31.3. The van der Waals surface area contributed by atoms with Gasteiger partial charge in [0.25, 0.3) is 0 Å². The molecule has 0 bridgehead atoms. The predicted octanol–water partition coefficient (Wildman–Crippen LogP) is -0.0697. The number of fused-ring (bicyclic) bond motifs is 1. The number of halogens is 1. The van der Waals surface area contributed by atoms with Crippen molar-refractivity contribution < 1.29 is 56.1 Å². The van der Waals surface area contributed by atoms with Crippen LogP contribution in [0.3, 0.4) is 0 Å². The first-order valence-corrected chi connectivity index (χ1v) is 12.6. The standard InChI is InChI=1S/C11H15FN5O11P3/c12-6-8(18)5(1-2-29(19,20)27-31(24,25)28-30(21,22)23)26-11(6)17-4-16-7-9(13)14-3-15-10(7)17/h1-6,8,11,18H,(H,19,20)(H,24,25)(H2,13,14,15)(H2,21,22,23)/b2-1+/t5-,6-,8-,11-/m1/s1. The van der Waals surface area contributed by atoms with Gasteiger partial charge in [-0.3, -0.25) is 9.13 Å². The van der Waals surface area contributed by atoms with Gasteiger partial charge in [0.1, 0.15) is 24.1 Å². The topological polar surface area (TPSA) is 250 Å². The van der Waals surface area contributed by atoms with Gasteiger partial charge in [0.2, 0.25) is 0 Å². The van der Waals surface area contributed by atoms with Gasteiger partial charge in [0, 0.05) is 5.82 Å². The lowest BCUT2D eigenvalue weighted by molar-refractivity contribution is -0.00168. The Morgan fingerprint density at radius 3 is 2.48 bits per heavy atom. The first-order valence-electron chi connectivity index (χ1n) is 7.92. The molecule has 0 saturated carbocycles. The van der Waals surface area contributed by atoms with E-state index in [-0.39, 0.29) is 22.8 Å². The Morgan fingerprint density at radius 1 is 1.16 bits per heavy atom. The Bertz CT molecular complexity index is 1150. The molecular weight excluding hydrogens is 490 g/mol. The van der Waals surface area contributed by atoms with Gasteiger partial charge >= 0.3 is 23.2 Å². The summed E-state index contributed by atoms with van der Waals surface area (Å²) in [6, 6.07) is 0. The second-order valence-corrected chi connectivity index (χ2v) is 10.7. The van der Waals surface area contributed by atoms with E-state index in [4.69, 9.17) is 25.2 Å². The maximum Gasteiger partial charge on any atom is 0.488 e. The number of nitrogens with two attached hydrogens (primary N) is 1. The smallest absolute Gasteiger partial charge is 0.387 e. The molecule has 2 aromatic rings. The zero-order valence-electron chi connectivity index (χ0n) is 14.9. The molecule has 31 heavy (non-hydrogen) atoms. The van der Waals surface area contributed by atoms with Crippen LogP contribution in [0.1, 0.15) is 6.23 Å². The number of aliphatic hydroxyl groups is 1. The van der Waals surface area contributed by atoms with Crippen LogP contribution in [0.15, 0.2) is 24.5 Å². The van der Waals surface area contributed by atoms with Crippen molar-refractivity contribution in [1.29, 1.82) is 0 Å². The second kappa shape index (κ2) is 8.39. The minimum absolute atomic E-state index is 0.0125. The third-order valence-corrected chi connectivity index (χ3v) is 7.77. The van der Waals surface area contributed by atoms with E-state index in [0.717, 1.165) is 17.2 Å². The van der Waals surface area contributed by atoms with Gasteiger partial charge in [-0.15, -0.1) is 0 Å². The highest BCUT2D eigenvalue weighted by molar-refractivity contribution is 7.69. The minimum atomic E-state index is -5.65. The molecule has 7 N–H and O–H groups in total. The highest BCUT2D eigenvalue weighted by Crippen LogP contribution is 2.66. The number of ether oxygens (including phenoxy) is 1. The lowest BCUT2D eigenvalue weighted by Crippen LogP contribution is -2.27. The summed E-state index contributed by atoms with van der Waals surface area (Å²) in [4.78, 5) is 47.3. The van der Waals surface area contributed by atoms with Gasteiger partial charge in [-0.25, -0.2) is 32.8 Å². The van der Waals surface area contributed by atoms with E-state index in [1.807, 2.05) is 0 Å². The van der Waals surface area contributed by atoms with Crippen molar-refractivity contribution in [3.05, 3.63) is 24.5 Å². The number of alkyl halides is 1. The fraction of sp³-hybridized carbons (Fsp3) is 0.364. The van der Waals surface area contributed by atoms with E-state index in [2.05, 4.69) is 23.6 Å². The van der Waals surface area contributed by atoms with E-state index in [0.29, 0.717) is 6.08 Å². The van der Waals surface area contributed by atoms with Gasteiger partial charge in [0.05, 0.1) is 6.33 Å². The Kier molecular flexibility index (Phi) is 6.50. The Morgan fingerprint density at radius 2 is 1.84 bits per heavy atom. The molecule has 16 nitrogen and oxygen atoms in total. The quantitative estimate of drug-likeness (QED) is 0.269. The summed E-state index contributed by atoms with van der Waals surface area (Å²) in [5.41, 5.74) is 5.87. The summed E-state index contributed by atoms with van der Waals surface area (Å²) < 4.78 is 62.2. The van der Waals surface area contributed by atoms with Gasteiger partial charge in [-0.05, 0) is 6.08 Å². The number of aliphatic hydroxyl groups excluding tert-OH is 1. The molecule has 1 aliphatic heterocycles. The zero-order chi connectivity index (χ0) is 23.2. The summed E-state index contributed by atoms with van der Waals surface area (Å²) in [6.45, 7) is 0. The number of rotatable bonds is 7. The molecule has 3 rings (SSSR count). The Balaban J connectivity index is 1.77. The molecule has 0 aromatic carbocycles. The summed E-state index contributed by atoms with van der Waals surface area (Å²) in [5.74, 6) is 0.270. The lowest BCUT2D eigenvalue weighted by Gasteiger charge is -2.15. The van der Waals surface area contributed by atoms with E-state index in [1.54, 1.807) is 0 Å². The highest BCUT2D eigenvalue weighted by Gasteiger charge is 2.45. The van der Waals surface area contributed by atoms with Gasteiger partial charge in [-0.1, -0.05) is 0 Å². The van der Waals surface area contributed by atoms with Crippen LogP contribution < -0.4 is 5.73 Å². The van der Waals surface area contributed by atoms with Crippen molar-refractivity contribution in [2.75, 3.05) is 5.73 Å². The van der Waals surface area contributed by atoms with Crippen molar-refractivity contribution in [3.63, 3.8) is 0 Å². The third kappa shape index (κ3) is 5.61. The third-order valence-electron chi connectivity index (χ3n) is 3.79. The fourth-order valence-electron chi connectivity index (χ4n) is 2.62. The fourth-order valence-corrected chi connectivity index (χ4v) is 5.87. The van der Waals surface area contributed by atoms with Crippen molar-refractivity contribution in [2.24, 2.45) is 0 Å². The molecule has 3 heterocycles. The van der Waals surface area contributed by atoms with E-state index in [9.17, 15) is 28.1 Å². The minimum Gasteiger partial charge on any atom is -0.387 e. The molecule has 1 saturated heterocycles. The van der Waals surface area contributed by atoms with E-state index < -0.39 is 47.8 Å². The van der Waals surface area contributed by atoms with Crippen molar-refractivity contribution in [2.45, 2.75) is 24.6 Å².